The number of rotatable bonds is 5. The van der Waals surface area contributed by atoms with E-state index in [1.165, 1.54) is 5.57 Å². The third-order valence-electron chi connectivity index (χ3n) is 15.1. The second-order valence-corrected chi connectivity index (χ2v) is 17.6. The lowest BCUT2D eigenvalue weighted by Crippen LogP contribution is -2.67. The van der Waals surface area contributed by atoms with Gasteiger partial charge in [0.2, 0.25) is 0 Å². The summed E-state index contributed by atoms with van der Waals surface area (Å²) >= 11 is 0. The van der Waals surface area contributed by atoms with Crippen LogP contribution < -0.4 is 0 Å². The molecule has 4 saturated carbocycles. The Hall–Kier alpha value is -1.85. The third kappa shape index (κ3) is 4.49. The summed E-state index contributed by atoms with van der Waals surface area (Å²) in [5, 5.41) is 51.3. The molecule has 14 atom stereocenters. The number of carboxylic acid groups (broad SMARTS) is 2. The molecule has 0 spiro atoms. The highest BCUT2D eigenvalue weighted by Crippen LogP contribution is 2.75. The van der Waals surface area contributed by atoms with E-state index in [0.29, 0.717) is 12.8 Å². The Morgan fingerprint density at radius 2 is 1.54 bits per heavy atom. The number of aliphatic hydroxyl groups excluding tert-OH is 3. The summed E-state index contributed by atoms with van der Waals surface area (Å²) in [4.78, 5) is 37.7. The van der Waals surface area contributed by atoms with Crippen LogP contribution in [0.4, 0.5) is 0 Å². The Morgan fingerprint density at radius 3 is 2.17 bits per heavy atom. The second kappa shape index (κ2) is 10.8. The number of carbonyl (C=O) groups is 3. The van der Waals surface area contributed by atoms with Gasteiger partial charge in [-0.25, -0.2) is 4.79 Å². The predicted molar refractivity (Wildman–Crippen MR) is 166 cm³/mol. The molecule has 1 heterocycles. The van der Waals surface area contributed by atoms with E-state index >= 15 is 0 Å². The highest BCUT2D eigenvalue weighted by molar-refractivity contribution is 5.76. The molecule has 0 unspecified atom stereocenters. The molecule has 10 heteroatoms. The maximum Gasteiger partial charge on any atom is 0.335 e. The monoisotopic (exact) mass is 646 g/mol. The van der Waals surface area contributed by atoms with Gasteiger partial charge in [0.25, 0.3) is 0 Å². The number of carbonyl (C=O) groups excluding carboxylic acids is 1. The maximum atomic E-state index is 13.1. The molecule has 0 aromatic carbocycles. The topological polar surface area (TPSA) is 171 Å². The summed E-state index contributed by atoms with van der Waals surface area (Å²) in [5.74, 6) is -1.92. The number of aliphatic carboxylic acids is 2. The van der Waals surface area contributed by atoms with Gasteiger partial charge in [-0.15, -0.1) is 0 Å². The highest BCUT2D eigenvalue weighted by Gasteiger charge is 2.70. The summed E-state index contributed by atoms with van der Waals surface area (Å²) in [7, 11) is 0. The zero-order chi connectivity index (χ0) is 33.8. The number of ether oxygens (including phenoxy) is 2. The average Bonchev–Trinajstić information content (AvgIpc) is 2.98. The summed E-state index contributed by atoms with van der Waals surface area (Å²) < 4.78 is 11.7. The van der Waals surface area contributed by atoms with Crippen LogP contribution in [0.25, 0.3) is 0 Å². The van der Waals surface area contributed by atoms with Gasteiger partial charge in [-0.05, 0) is 104 Å². The van der Waals surface area contributed by atoms with E-state index in [9.17, 15) is 39.9 Å². The zero-order valence-electron chi connectivity index (χ0n) is 28.2. The Morgan fingerprint density at radius 1 is 0.870 bits per heavy atom. The van der Waals surface area contributed by atoms with Gasteiger partial charge in [-0.2, -0.15) is 0 Å². The van der Waals surface area contributed by atoms with Gasteiger partial charge in [0.15, 0.2) is 12.4 Å². The predicted octanol–water partition coefficient (Wildman–Crippen LogP) is 4.33. The summed E-state index contributed by atoms with van der Waals surface area (Å²) in [6.45, 7) is 13.5. The fraction of sp³-hybridized carbons (Fsp3) is 0.861. The van der Waals surface area contributed by atoms with Gasteiger partial charge in [0.05, 0.1) is 16.9 Å². The SMILES string of the molecule is CC1(C)CC[C@]2(C(=O)O)CC[C@]3(C)C(=CC[C@@H]4[C@@]5(C)CC[C@H](O[C@@H]6O[C@H](C(=O)O)[C@@H](O)[C@H](O)[C@H]6O)[C@@](C)(C=O)[C@@H]5CC[C@]43C)[C@H]2C1. The van der Waals surface area contributed by atoms with Crippen LogP contribution in [0, 0.1) is 50.2 Å². The van der Waals surface area contributed by atoms with Crippen molar-refractivity contribution in [1.29, 1.82) is 0 Å². The molecule has 6 rings (SSSR count). The number of aliphatic hydroxyl groups is 3. The lowest BCUT2D eigenvalue weighted by atomic mass is 9.33. The van der Waals surface area contributed by atoms with Crippen molar-refractivity contribution in [3.8, 4) is 0 Å². The van der Waals surface area contributed by atoms with Crippen molar-refractivity contribution in [2.45, 2.75) is 143 Å². The van der Waals surface area contributed by atoms with E-state index in [4.69, 9.17) is 9.47 Å². The smallest absolute Gasteiger partial charge is 0.335 e. The van der Waals surface area contributed by atoms with Crippen LogP contribution in [0.3, 0.4) is 0 Å². The van der Waals surface area contributed by atoms with E-state index in [0.717, 1.165) is 57.7 Å². The van der Waals surface area contributed by atoms with E-state index < -0.39 is 59.6 Å². The number of hydrogen-bond donors (Lipinski definition) is 5. The molecule has 1 saturated heterocycles. The van der Waals surface area contributed by atoms with Crippen molar-refractivity contribution >= 4 is 18.2 Å². The molecular weight excluding hydrogens is 592 g/mol. The van der Waals surface area contributed by atoms with E-state index in [-0.39, 0.29) is 39.4 Å². The van der Waals surface area contributed by atoms with Gasteiger partial charge in [0.1, 0.15) is 24.6 Å². The molecule has 0 aromatic heterocycles. The molecular formula is C36H54O10. The Kier molecular flexibility index (Phi) is 8.01. The molecule has 0 amide bonds. The first-order valence-electron chi connectivity index (χ1n) is 17.3. The van der Waals surface area contributed by atoms with E-state index in [1.807, 2.05) is 6.92 Å². The van der Waals surface area contributed by atoms with Crippen LogP contribution in [0.15, 0.2) is 11.6 Å². The van der Waals surface area contributed by atoms with Gasteiger partial charge in [-0.1, -0.05) is 53.2 Å². The second-order valence-electron chi connectivity index (χ2n) is 17.6. The molecule has 1 aliphatic heterocycles. The molecule has 46 heavy (non-hydrogen) atoms. The first-order valence-corrected chi connectivity index (χ1v) is 17.3. The largest absolute Gasteiger partial charge is 0.481 e. The van der Waals surface area contributed by atoms with Crippen LogP contribution in [0.2, 0.25) is 0 Å². The maximum absolute atomic E-state index is 13.1. The fourth-order valence-corrected chi connectivity index (χ4v) is 12.0. The normalized spacial score (nSPS) is 53.0. The first kappa shape index (κ1) is 34.0. The lowest BCUT2D eigenvalue weighted by molar-refractivity contribution is -0.321. The lowest BCUT2D eigenvalue weighted by Gasteiger charge is -2.71. The number of hydrogen-bond acceptors (Lipinski definition) is 8. The van der Waals surface area contributed by atoms with Crippen molar-refractivity contribution in [2.75, 3.05) is 0 Å². The molecule has 0 aromatic rings. The van der Waals surface area contributed by atoms with Crippen molar-refractivity contribution in [3.63, 3.8) is 0 Å². The zero-order valence-corrected chi connectivity index (χ0v) is 28.2. The molecule has 0 bridgehead atoms. The molecule has 5 N–H and O–H groups in total. The van der Waals surface area contributed by atoms with Crippen LogP contribution in [0.5, 0.6) is 0 Å². The Labute approximate surface area is 271 Å². The summed E-state index contributed by atoms with van der Waals surface area (Å²) in [5.41, 5.74) is -0.721. The Bertz CT molecular complexity index is 1310. The van der Waals surface area contributed by atoms with Crippen molar-refractivity contribution in [2.24, 2.45) is 50.2 Å². The van der Waals surface area contributed by atoms with Gasteiger partial charge >= 0.3 is 11.9 Å². The number of fused-ring (bicyclic) bond motifs is 7. The number of allylic oxidation sites excluding steroid dienone is 2. The van der Waals surface area contributed by atoms with Gasteiger partial charge in [-0.3, -0.25) is 4.79 Å². The third-order valence-corrected chi connectivity index (χ3v) is 15.1. The van der Waals surface area contributed by atoms with Gasteiger partial charge < -0.3 is 39.8 Å². The minimum atomic E-state index is -1.82. The molecule has 5 fully saturated rings. The molecule has 6 aliphatic rings. The van der Waals surface area contributed by atoms with Crippen molar-refractivity contribution < 1.29 is 49.4 Å². The van der Waals surface area contributed by atoms with Crippen molar-refractivity contribution in [3.05, 3.63) is 11.6 Å². The number of carboxylic acids is 2. The molecule has 5 aliphatic carbocycles. The summed E-state index contributed by atoms with van der Waals surface area (Å²) in [6.07, 6.45) is 1.84. The fourth-order valence-electron chi connectivity index (χ4n) is 12.0. The minimum Gasteiger partial charge on any atom is -0.481 e. The number of aldehydes is 1. The first-order chi connectivity index (χ1) is 21.3. The van der Waals surface area contributed by atoms with Crippen LogP contribution >= 0.6 is 0 Å². The Balaban J connectivity index is 1.31. The van der Waals surface area contributed by atoms with E-state index in [2.05, 4.69) is 40.7 Å². The van der Waals surface area contributed by atoms with Crippen LogP contribution in [0.1, 0.15) is 106 Å². The van der Waals surface area contributed by atoms with E-state index in [1.54, 1.807) is 0 Å². The summed E-state index contributed by atoms with van der Waals surface area (Å²) in [6, 6.07) is 0. The van der Waals surface area contributed by atoms with Crippen LogP contribution in [-0.4, -0.2) is 80.6 Å². The highest BCUT2D eigenvalue weighted by atomic mass is 16.7. The quantitative estimate of drug-likeness (QED) is 0.165. The molecule has 258 valence electrons. The average molecular weight is 647 g/mol. The van der Waals surface area contributed by atoms with Crippen LogP contribution in [-0.2, 0) is 23.9 Å². The van der Waals surface area contributed by atoms with Gasteiger partial charge in [0, 0.05) is 0 Å². The molecule has 0 radical (unpaired) electrons. The van der Waals surface area contributed by atoms with Crippen molar-refractivity contribution in [1.82, 2.24) is 0 Å². The standard InChI is InChI=1S/C36H54O10/c1-31(2)13-15-36(30(43)44)16-14-34(5)19(20(36)17-31)7-8-22-32(3)11-10-23(33(4,18-37)21(32)9-12-35(22,34)6)45-29-26(40)24(38)25(39)27(46-29)28(41)42/h7,18,20-27,29,38-40H,8-17H2,1-6H3,(H,41,42)(H,43,44)/t20-,21-,22-,23+,24+,25+,26-,27+,29-,32+,33+,34-,35-,36+/m1/s1. The minimum absolute atomic E-state index is 0.0191. The molecule has 10 nitrogen and oxygen atoms in total.